The maximum absolute atomic E-state index is 15.0. The molecule has 0 spiro atoms. The van der Waals surface area contributed by atoms with E-state index in [2.05, 4.69) is 58.1 Å². The number of nitrogens with zero attached hydrogens (tertiary/aromatic N) is 6. The summed E-state index contributed by atoms with van der Waals surface area (Å²) in [6.45, 7) is 7.69. The fourth-order valence-electron chi connectivity index (χ4n) is 6.03. The number of piperidine rings is 1. The van der Waals surface area contributed by atoms with Gasteiger partial charge < -0.3 is 24.8 Å². The molecule has 1 N–H and O–H groups in total. The summed E-state index contributed by atoms with van der Waals surface area (Å²) in [6, 6.07) is 7.99. The molecule has 13 heteroatoms. The second-order valence-corrected chi connectivity index (χ2v) is 14.9. The summed E-state index contributed by atoms with van der Waals surface area (Å²) >= 11 is 0. The van der Waals surface area contributed by atoms with E-state index in [1.54, 1.807) is 12.3 Å². The monoisotopic (exact) mass is 631 g/mol. The normalized spacial score (nSPS) is 22.1. The minimum absolute atomic E-state index is 0.0898. The van der Waals surface area contributed by atoms with Crippen LogP contribution in [0.1, 0.15) is 38.7 Å². The third-order valence-electron chi connectivity index (χ3n) is 8.54. The third kappa shape index (κ3) is 7.21. The molecule has 2 aliphatic rings. The minimum atomic E-state index is -3.05. The Morgan fingerprint density at radius 3 is 2.59 bits per heavy atom. The highest BCUT2D eigenvalue weighted by Gasteiger charge is 2.46. The Hall–Kier alpha value is -3.16. The van der Waals surface area contributed by atoms with Crippen LogP contribution in [-0.2, 0) is 14.6 Å². The van der Waals surface area contributed by atoms with Crippen LogP contribution < -0.4 is 15.1 Å². The largest absolute Gasteiger partial charge is 0.370 e. The molecule has 2 fully saturated rings. The summed E-state index contributed by atoms with van der Waals surface area (Å²) in [5, 5.41) is 5.28. The summed E-state index contributed by atoms with van der Waals surface area (Å²) in [7, 11) is 0.710. The number of pyridine rings is 1. The maximum Gasteiger partial charge on any atom is 0.290 e. The molecule has 4 heterocycles. The summed E-state index contributed by atoms with van der Waals surface area (Å²) in [6.07, 6.45) is 3.72. The second-order valence-electron chi connectivity index (χ2n) is 12.7. The van der Waals surface area contributed by atoms with Crippen LogP contribution in [0.4, 0.5) is 32.1 Å². The van der Waals surface area contributed by atoms with Crippen molar-refractivity contribution >= 4 is 43.9 Å². The van der Waals surface area contributed by atoms with Gasteiger partial charge in [0.05, 0.1) is 18.9 Å². The highest BCUT2D eigenvalue weighted by molar-refractivity contribution is 7.90. The van der Waals surface area contributed by atoms with Crippen LogP contribution in [0.2, 0.25) is 0 Å². The molecule has 3 aromatic rings. The molecule has 2 aromatic heterocycles. The van der Waals surface area contributed by atoms with Crippen LogP contribution in [0.3, 0.4) is 0 Å². The highest BCUT2D eigenvalue weighted by Crippen LogP contribution is 2.40. The van der Waals surface area contributed by atoms with E-state index in [-0.39, 0.29) is 42.6 Å². The smallest absolute Gasteiger partial charge is 0.290 e. The highest BCUT2D eigenvalue weighted by atomic mass is 32.2. The molecular formula is C31H43F2N7O3S. The van der Waals surface area contributed by atoms with Gasteiger partial charge in [0.2, 0.25) is 5.95 Å². The lowest BCUT2D eigenvalue weighted by atomic mass is 9.88. The predicted octanol–water partition coefficient (Wildman–Crippen LogP) is 4.55. The van der Waals surface area contributed by atoms with E-state index in [1.165, 1.54) is 11.2 Å². The van der Waals surface area contributed by atoms with E-state index in [0.29, 0.717) is 31.3 Å². The van der Waals surface area contributed by atoms with Crippen molar-refractivity contribution in [1.29, 1.82) is 0 Å². The van der Waals surface area contributed by atoms with Crippen molar-refractivity contribution in [2.24, 2.45) is 5.92 Å². The lowest BCUT2D eigenvalue weighted by molar-refractivity contribution is -0.144. The number of anilines is 4. The molecule has 10 nitrogen and oxygen atoms in total. The zero-order valence-electron chi connectivity index (χ0n) is 26.3. The van der Waals surface area contributed by atoms with E-state index < -0.39 is 28.4 Å². The molecule has 0 unspecified atom stereocenters. The first-order chi connectivity index (χ1) is 20.7. The molecule has 2 saturated heterocycles. The fraction of sp³-hybridized carbons (Fsp3) is 0.581. The van der Waals surface area contributed by atoms with Crippen molar-refractivity contribution in [3.05, 3.63) is 42.2 Å². The number of ether oxygens (including phenoxy) is 1. The van der Waals surface area contributed by atoms with E-state index in [4.69, 9.17) is 4.74 Å². The van der Waals surface area contributed by atoms with Crippen molar-refractivity contribution < 1.29 is 21.9 Å². The number of alkyl halides is 2. The summed E-state index contributed by atoms with van der Waals surface area (Å²) in [5.74, 6) is -1.24. The number of halogens is 2. The van der Waals surface area contributed by atoms with Gasteiger partial charge in [-0.15, -0.1) is 0 Å². The zero-order valence-corrected chi connectivity index (χ0v) is 27.1. The van der Waals surface area contributed by atoms with Crippen LogP contribution in [0.15, 0.2) is 36.7 Å². The summed E-state index contributed by atoms with van der Waals surface area (Å²) < 4.78 is 59.2. The molecule has 2 aliphatic heterocycles. The van der Waals surface area contributed by atoms with E-state index in [9.17, 15) is 17.2 Å². The number of hydrogen-bond acceptors (Lipinski definition) is 10. The molecule has 1 aromatic carbocycles. The predicted molar refractivity (Wildman–Crippen MR) is 171 cm³/mol. The first-order valence-electron chi connectivity index (χ1n) is 15.1. The Labute approximate surface area is 258 Å². The van der Waals surface area contributed by atoms with Gasteiger partial charge in [-0.3, -0.25) is 0 Å². The number of benzene rings is 1. The lowest BCUT2D eigenvalue weighted by Crippen LogP contribution is -2.57. The molecular weight excluding hydrogens is 588 g/mol. The lowest BCUT2D eigenvalue weighted by Gasteiger charge is -2.48. The third-order valence-corrected chi connectivity index (χ3v) is 9.57. The quantitative estimate of drug-likeness (QED) is 0.324. The van der Waals surface area contributed by atoms with Crippen LogP contribution in [0.25, 0.3) is 10.8 Å². The first-order valence-corrected chi connectivity index (χ1v) is 17.1. The van der Waals surface area contributed by atoms with Gasteiger partial charge in [-0.25, -0.2) is 27.2 Å². The molecule has 0 saturated carbocycles. The molecule has 0 radical (unpaired) electrons. The number of sulfone groups is 1. The summed E-state index contributed by atoms with van der Waals surface area (Å²) in [5.41, 5.74) is 2.19. The number of likely N-dealkylation sites (N-methyl/N-ethyl adjacent to an activating group) is 1. The molecule has 44 heavy (non-hydrogen) atoms. The SMILES string of the molecule is CC(C)c1ccc(N2C[C@H](CS(C)(=O)=O)[C@H]2C)c2cnc(Nc3ccnc(N4CC[C@@H](OCCN(C)C)C(F)(F)C4)n3)cc12. The van der Waals surface area contributed by atoms with Gasteiger partial charge in [-0.1, -0.05) is 19.9 Å². The Bertz CT molecular complexity index is 1590. The van der Waals surface area contributed by atoms with Gasteiger partial charge in [-0.2, -0.15) is 4.98 Å². The van der Waals surface area contributed by atoms with Crippen molar-refractivity contribution in [1.82, 2.24) is 19.9 Å². The molecule has 5 rings (SSSR count). The van der Waals surface area contributed by atoms with Gasteiger partial charge in [0.25, 0.3) is 5.92 Å². The standard InChI is InChI=1S/C31H43F2N7O3S/c1-20(2)23-7-8-26(40-17-22(21(40)3)18-44(6,41)42)25-16-35-29(15-24(23)25)36-28-9-11-34-30(37-28)39-12-10-27(31(32,33)19-39)43-14-13-38(4)5/h7-9,11,15-16,20-22,27H,10,12-14,17-19H2,1-6H3,(H,34,35,36,37)/t21-,22-,27-/m1/s1. The Morgan fingerprint density at radius 2 is 1.93 bits per heavy atom. The first kappa shape index (κ1) is 32.2. The number of aromatic nitrogens is 3. The van der Waals surface area contributed by atoms with Crippen LogP contribution in [-0.4, -0.2) is 105 Å². The van der Waals surface area contributed by atoms with Gasteiger partial charge in [0.1, 0.15) is 27.6 Å². The number of fused-ring (bicyclic) bond motifs is 1. The second kappa shape index (κ2) is 12.7. The average molecular weight is 632 g/mol. The Kier molecular flexibility index (Phi) is 9.29. The number of nitrogens with one attached hydrogen (secondary N) is 1. The van der Waals surface area contributed by atoms with Gasteiger partial charge in [0, 0.05) is 61.3 Å². The van der Waals surface area contributed by atoms with Crippen LogP contribution >= 0.6 is 0 Å². The summed E-state index contributed by atoms with van der Waals surface area (Å²) in [4.78, 5) is 19.1. The van der Waals surface area contributed by atoms with Crippen molar-refractivity contribution in [3.63, 3.8) is 0 Å². The van der Waals surface area contributed by atoms with E-state index >= 15 is 0 Å². The van der Waals surface area contributed by atoms with Gasteiger partial charge in [0.15, 0.2) is 0 Å². The van der Waals surface area contributed by atoms with Crippen LogP contribution in [0.5, 0.6) is 0 Å². The number of hydrogen-bond donors (Lipinski definition) is 1. The van der Waals surface area contributed by atoms with E-state index in [0.717, 1.165) is 22.0 Å². The Morgan fingerprint density at radius 1 is 1.16 bits per heavy atom. The van der Waals surface area contributed by atoms with Crippen molar-refractivity contribution in [3.8, 4) is 0 Å². The topological polar surface area (TPSA) is 104 Å². The van der Waals surface area contributed by atoms with Crippen molar-refractivity contribution in [2.45, 2.75) is 51.2 Å². The maximum atomic E-state index is 15.0. The van der Waals surface area contributed by atoms with Gasteiger partial charge >= 0.3 is 0 Å². The Balaban J connectivity index is 1.33. The molecule has 0 aliphatic carbocycles. The van der Waals surface area contributed by atoms with Crippen LogP contribution in [0, 0.1) is 5.92 Å². The minimum Gasteiger partial charge on any atom is -0.370 e. The molecule has 0 bridgehead atoms. The number of rotatable bonds is 11. The molecule has 240 valence electrons. The van der Waals surface area contributed by atoms with Gasteiger partial charge in [-0.05, 0) is 62.5 Å². The van der Waals surface area contributed by atoms with E-state index in [1.807, 2.05) is 31.3 Å². The average Bonchev–Trinajstić information content (AvgIpc) is 2.94. The molecule has 0 amide bonds. The van der Waals surface area contributed by atoms with Crippen molar-refractivity contribution in [2.75, 3.05) is 74.0 Å². The fourth-order valence-corrected chi connectivity index (χ4v) is 7.19. The zero-order chi connectivity index (χ0) is 31.8. The molecule has 3 atom stereocenters.